The fourth-order valence-corrected chi connectivity index (χ4v) is 3.37. The summed E-state index contributed by atoms with van der Waals surface area (Å²) >= 11 is 3.31. The van der Waals surface area contributed by atoms with Crippen LogP contribution in [0.2, 0.25) is 0 Å². The molecule has 156 valence electrons. The molecule has 1 heterocycles. The van der Waals surface area contributed by atoms with Crippen molar-refractivity contribution in [3.8, 4) is 0 Å². The number of fused-ring (bicyclic) bond motifs is 1. The smallest absolute Gasteiger partial charge is 0.306 e. The molecule has 1 aliphatic rings. The van der Waals surface area contributed by atoms with Gasteiger partial charge < -0.3 is 10.1 Å². The van der Waals surface area contributed by atoms with E-state index in [4.69, 9.17) is 4.74 Å². The molecule has 0 aliphatic carbocycles. The van der Waals surface area contributed by atoms with E-state index in [1.807, 2.05) is 0 Å². The number of esters is 1. The zero-order valence-electron chi connectivity index (χ0n) is 16.2. The maximum Gasteiger partial charge on any atom is 0.306 e. The Labute approximate surface area is 182 Å². The van der Waals surface area contributed by atoms with Crippen molar-refractivity contribution in [2.24, 2.45) is 0 Å². The highest BCUT2D eigenvalue weighted by molar-refractivity contribution is 9.10. The fourth-order valence-electron chi connectivity index (χ4n) is 3.11. The van der Waals surface area contributed by atoms with Crippen molar-refractivity contribution in [1.82, 2.24) is 4.90 Å². The van der Waals surface area contributed by atoms with E-state index in [1.54, 1.807) is 48.5 Å². The molecule has 2 aromatic rings. The van der Waals surface area contributed by atoms with E-state index in [-0.39, 0.29) is 24.8 Å². The summed E-state index contributed by atoms with van der Waals surface area (Å²) in [5.41, 5.74) is 1.49. The van der Waals surface area contributed by atoms with Gasteiger partial charge in [0.1, 0.15) is 0 Å². The van der Waals surface area contributed by atoms with Gasteiger partial charge in [-0.2, -0.15) is 0 Å². The summed E-state index contributed by atoms with van der Waals surface area (Å²) in [7, 11) is 0. The van der Waals surface area contributed by atoms with Gasteiger partial charge in [0, 0.05) is 23.1 Å². The lowest BCUT2D eigenvalue weighted by Crippen LogP contribution is -2.30. The predicted molar refractivity (Wildman–Crippen MR) is 114 cm³/mol. The summed E-state index contributed by atoms with van der Waals surface area (Å²) in [5.74, 6) is -1.41. The topological polar surface area (TPSA) is 92.8 Å². The third kappa shape index (κ3) is 5.54. The molecule has 0 unspecified atom stereocenters. The average molecular weight is 473 g/mol. The van der Waals surface area contributed by atoms with Gasteiger partial charge in [-0.1, -0.05) is 34.5 Å². The highest BCUT2D eigenvalue weighted by Gasteiger charge is 2.34. The van der Waals surface area contributed by atoms with Gasteiger partial charge >= 0.3 is 5.97 Å². The molecule has 0 spiro atoms. The third-order valence-electron chi connectivity index (χ3n) is 4.63. The van der Waals surface area contributed by atoms with Gasteiger partial charge in [-0.05, 0) is 49.2 Å². The first kappa shape index (κ1) is 21.7. The number of hydrogen-bond donors (Lipinski definition) is 1. The largest absolute Gasteiger partial charge is 0.456 e. The van der Waals surface area contributed by atoms with Gasteiger partial charge in [0.25, 0.3) is 17.7 Å². The van der Waals surface area contributed by atoms with Crippen molar-refractivity contribution in [3.63, 3.8) is 0 Å². The molecule has 0 atom stereocenters. The number of hydrogen-bond acceptors (Lipinski definition) is 5. The Morgan fingerprint density at radius 3 is 2.17 bits per heavy atom. The fraction of sp³-hybridized carbons (Fsp3) is 0.273. The Morgan fingerprint density at radius 2 is 1.53 bits per heavy atom. The number of nitrogens with zero attached hydrogens (tertiary/aromatic N) is 1. The number of nitrogens with one attached hydrogen (secondary N) is 1. The number of benzene rings is 2. The summed E-state index contributed by atoms with van der Waals surface area (Å²) in [6.45, 7) is -0.0269. The van der Waals surface area contributed by atoms with Gasteiger partial charge in [-0.3, -0.25) is 24.1 Å². The summed E-state index contributed by atoms with van der Waals surface area (Å²) < 4.78 is 5.88. The Balaban J connectivity index is 1.30. The number of amides is 3. The van der Waals surface area contributed by atoms with Crippen LogP contribution < -0.4 is 5.32 Å². The monoisotopic (exact) mass is 472 g/mol. The van der Waals surface area contributed by atoms with Gasteiger partial charge in [0.2, 0.25) is 0 Å². The highest BCUT2D eigenvalue weighted by atomic mass is 79.9. The molecule has 0 bridgehead atoms. The minimum atomic E-state index is -0.457. The van der Waals surface area contributed by atoms with E-state index in [0.717, 1.165) is 4.47 Å². The first-order valence-corrected chi connectivity index (χ1v) is 10.4. The number of ether oxygens (including phenoxy) is 1. The van der Waals surface area contributed by atoms with E-state index in [0.29, 0.717) is 42.6 Å². The van der Waals surface area contributed by atoms with Crippen LogP contribution in [0.4, 0.5) is 5.69 Å². The number of anilines is 1. The number of rotatable bonds is 9. The van der Waals surface area contributed by atoms with Crippen LogP contribution in [0.5, 0.6) is 0 Å². The molecule has 0 saturated carbocycles. The first-order valence-electron chi connectivity index (χ1n) is 9.62. The SMILES string of the molecule is O=C(COC(=O)CCCCCN1C(=O)c2ccccc2C1=O)Nc1ccc(Br)cc1. The summed E-state index contributed by atoms with van der Waals surface area (Å²) in [5, 5.41) is 2.64. The molecule has 3 amide bonds. The van der Waals surface area contributed by atoms with E-state index >= 15 is 0 Å². The second-order valence-corrected chi connectivity index (χ2v) is 7.75. The lowest BCUT2D eigenvalue weighted by atomic mass is 10.1. The maximum atomic E-state index is 12.3. The number of imide groups is 1. The minimum absolute atomic E-state index is 0.174. The quantitative estimate of drug-likeness (QED) is 0.340. The van der Waals surface area contributed by atoms with E-state index in [1.165, 1.54) is 4.90 Å². The van der Waals surface area contributed by atoms with Crippen LogP contribution in [-0.2, 0) is 14.3 Å². The maximum absolute atomic E-state index is 12.3. The van der Waals surface area contributed by atoms with Crippen LogP contribution in [0.1, 0.15) is 46.4 Å². The van der Waals surface area contributed by atoms with Crippen molar-refractivity contribution in [1.29, 1.82) is 0 Å². The zero-order valence-corrected chi connectivity index (χ0v) is 17.8. The van der Waals surface area contributed by atoms with Crippen molar-refractivity contribution in [2.45, 2.75) is 25.7 Å². The molecule has 2 aromatic carbocycles. The summed E-state index contributed by atoms with van der Waals surface area (Å²) in [6, 6.07) is 13.8. The van der Waals surface area contributed by atoms with E-state index in [2.05, 4.69) is 21.2 Å². The van der Waals surface area contributed by atoms with Crippen LogP contribution in [0.25, 0.3) is 0 Å². The van der Waals surface area contributed by atoms with Crippen molar-refractivity contribution < 1.29 is 23.9 Å². The van der Waals surface area contributed by atoms with Crippen LogP contribution >= 0.6 is 15.9 Å². The lowest BCUT2D eigenvalue weighted by Gasteiger charge is -2.13. The Morgan fingerprint density at radius 1 is 0.900 bits per heavy atom. The normalized spacial score (nSPS) is 12.6. The van der Waals surface area contributed by atoms with Gasteiger partial charge in [-0.15, -0.1) is 0 Å². The molecule has 0 saturated heterocycles. The second-order valence-electron chi connectivity index (χ2n) is 6.83. The third-order valence-corrected chi connectivity index (χ3v) is 5.16. The van der Waals surface area contributed by atoms with Crippen LogP contribution in [0.15, 0.2) is 53.0 Å². The molecule has 1 aliphatic heterocycles. The van der Waals surface area contributed by atoms with E-state index < -0.39 is 11.9 Å². The molecule has 0 fully saturated rings. The molecule has 8 heteroatoms. The molecule has 30 heavy (non-hydrogen) atoms. The van der Waals surface area contributed by atoms with Crippen molar-refractivity contribution in [3.05, 3.63) is 64.1 Å². The molecule has 0 aromatic heterocycles. The number of carbonyl (C=O) groups excluding carboxylic acids is 4. The molecule has 1 N–H and O–H groups in total. The van der Waals surface area contributed by atoms with Crippen LogP contribution in [-0.4, -0.2) is 41.7 Å². The summed E-state index contributed by atoms with van der Waals surface area (Å²) in [4.78, 5) is 49.4. The summed E-state index contributed by atoms with van der Waals surface area (Å²) in [6.07, 6.45) is 1.99. The zero-order chi connectivity index (χ0) is 21.5. The van der Waals surface area contributed by atoms with E-state index in [9.17, 15) is 19.2 Å². The molecular formula is C22H21BrN2O5. The Hall–Kier alpha value is -3.00. The molecule has 7 nitrogen and oxygen atoms in total. The van der Waals surface area contributed by atoms with Crippen molar-refractivity contribution >= 4 is 45.3 Å². The Bertz CT molecular complexity index is 923. The lowest BCUT2D eigenvalue weighted by molar-refractivity contribution is -0.147. The molecular weight excluding hydrogens is 452 g/mol. The van der Waals surface area contributed by atoms with Gasteiger partial charge in [0.05, 0.1) is 11.1 Å². The highest BCUT2D eigenvalue weighted by Crippen LogP contribution is 2.22. The average Bonchev–Trinajstić information content (AvgIpc) is 2.98. The van der Waals surface area contributed by atoms with Crippen LogP contribution in [0.3, 0.4) is 0 Å². The van der Waals surface area contributed by atoms with Gasteiger partial charge in [-0.25, -0.2) is 0 Å². The minimum Gasteiger partial charge on any atom is -0.456 e. The number of unbranched alkanes of at least 4 members (excludes halogenated alkanes) is 2. The number of halogens is 1. The predicted octanol–water partition coefficient (Wildman–Crippen LogP) is 3.79. The molecule has 0 radical (unpaired) electrons. The standard InChI is InChI=1S/C22H21BrN2O5/c23-15-9-11-16(12-10-15)24-19(26)14-30-20(27)8-2-1-5-13-25-21(28)17-6-3-4-7-18(17)22(25)29/h3-4,6-7,9-12H,1-2,5,8,13-14H2,(H,24,26). The second kappa shape index (κ2) is 10.2. The Kier molecular flexibility index (Phi) is 7.35. The van der Waals surface area contributed by atoms with Crippen molar-refractivity contribution in [2.75, 3.05) is 18.5 Å². The van der Waals surface area contributed by atoms with Gasteiger partial charge in [0.15, 0.2) is 6.61 Å². The number of carbonyl (C=O) groups is 4. The molecule has 3 rings (SSSR count). The first-order chi connectivity index (χ1) is 14.5. The van der Waals surface area contributed by atoms with Crippen LogP contribution in [0, 0.1) is 0 Å².